The van der Waals surface area contributed by atoms with Crippen molar-refractivity contribution < 1.29 is 28.2 Å². The minimum atomic E-state index is -0.927. The van der Waals surface area contributed by atoms with Gasteiger partial charge in [-0.1, -0.05) is 18.5 Å². The van der Waals surface area contributed by atoms with Crippen LogP contribution in [0, 0.1) is 5.82 Å². The highest BCUT2D eigenvalue weighted by molar-refractivity contribution is 6.32. The topological polar surface area (TPSA) is 85.9 Å². The standard InChI is InChI=1S/C20H22ClFN2O5/c1-4-9-28-18-16(21)10-13(11-17(18)27-3)20(26)24-23-19(25)12(2)29-15-7-5-14(22)6-8-15/h5-8,10-12H,4,9H2,1-3H3,(H,23,25)(H,24,26). The van der Waals surface area contributed by atoms with Crippen LogP contribution in [-0.2, 0) is 4.79 Å². The number of hydrazine groups is 1. The van der Waals surface area contributed by atoms with E-state index in [1.807, 2.05) is 6.92 Å². The second-order valence-corrected chi connectivity index (χ2v) is 6.40. The lowest BCUT2D eigenvalue weighted by atomic mass is 10.2. The van der Waals surface area contributed by atoms with E-state index in [9.17, 15) is 14.0 Å². The zero-order valence-corrected chi connectivity index (χ0v) is 17.0. The van der Waals surface area contributed by atoms with Crippen LogP contribution in [-0.4, -0.2) is 31.6 Å². The van der Waals surface area contributed by atoms with Crippen LogP contribution in [0.1, 0.15) is 30.6 Å². The molecule has 0 saturated heterocycles. The van der Waals surface area contributed by atoms with E-state index in [1.54, 1.807) is 0 Å². The molecule has 0 heterocycles. The van der Waals surface area contributed by atoms with E-state index in [-0.39, 0.29) is 10.6 Å². The highest BCUT2D eigenvalue weighted by atomic mass is 35.5. The second kappa shape index (κ2) is 10.5. The average Bonchev–Trinajstić information content (AvgIpc) is 2.71. The summed E-state index contributed by atoms with van der Waals surface area (Å²) in [6.45, 7) is 3.89. The Bertz CT molecular complexity index is 861. The summed E-state index contributed by atoms with van der Waals surface area (Å²) in [6.07, 6.45) is -0.143. The van der Waals surface area contributed by atoms with Gasteiger partial charge >= 0.3 is 0 Å². The van der Waals surface area contributed by atoms with Crippen molar-refractivity contribution in [2.24, 2.45) is 0 Å². The molecule has 2 N–H and O–H groups in total. The number of nitrogens with one attached hydrogen (secondary N) is 2. The summed E-state index contributed by atoms with van der Waals surface area (Å²) in [5.41, 5.74) is 4.72. The molecule has 0 spiro atoms. The van der Waals surface area contributed by atoms with Crippen LogP contribution in [0.3, 0.4) is 0 Å². The molecule has 2 aromatic rings. The van der Waals surface area contributed by atoms with E-state index in [0.717, 1.165) is 6.42 Å². The van der Waals surface area contributed by atoms with Crippen LogP contribution >= 0.6 is 11.6 Å². The van der Waals surface area contributed by atoms with Crippen LogP contribution in [0.5, 0.6) is 17.2 Å². The molecule has 0 aliphatic heterocycles. The lowest BCUT2D eigenvalue weighted by Gasteiger charge is -2.16. The van der Waals surface area contributed by atoms with Gasteiger partial charge in [-0.05, 0) is 49.7 Å². The van der Waals surface area contributed by atoms with Gasteiger partial charge in [-0.2, -0.15) is 0 Å². The number of halogens is 2. The van der Waals surface area contributed by atoms with E-state index in [0.29, 0.717) is 23.9 Å². The van der Waals surface area contributed by atoms with Crippen molar-refractivity contribution in [2.75, 3.05) is 13.7 Å². The number of carbonyl (C=O) groups excluding carboxylic acids is 2. The third kappa shape index (κ3) is 6.25. The molecule has 156 valence electrons. The summed E-state index contributed by atoms with van der Waals surface area (Å²) >= 11 is 6.19. The Hall–Kier alpha value is -3.00. The molecular weight excluding hydrogens is 403 g/mol. The minimum Gasteiger partial charge on any atom is -0.493 e. The minimum absolute atomic E-state index is 0.170. The zero-order valence-electron chi connectivity index (χ0n) is 16.3. The van der Waals surface area contributed by atoms with Gasteiger partial charge in [0, 0.05) is 5.56 Å². The van der Waals surface area contributed by atoms with Gasteiger partial charge in [0.2, 0.25) is 0 Å². The third-order valence-corrected chi connectivity index (χ3v) is 4.02. The molecule has 0 aromatic heterocycles. The summed E-state index contributed by atoms with van der Waals surface area (Å²) in [7, 11) is 1.43. The van der Waals surface area contributed by atoms with Crippen molar-refractivity contribution in [2.45, 2.75) is 26.4 Å². The van der Waals surface area contributed by atoms with Gasteiger partial charge < -0.3 is 14.2 Å². The van der Waals surface area contributed by atoms with Crippen molar-refractivity contribution in [1.29, 1.82) is 0 Å². The first-order chi connectivity index (χ1) is 13.8. The predicted octanol–water partition coefficient (Wildman–Crippen LogP) is 3.51. The molecule has 29 heavy (non-hydrogen) atoms. The molecule has 0 radical (unpaired) electrons. The first kappa shape index (κ1) is 22.3. The predicted molar refractivity (Wildman–Crippen MR) is 106 cm³/mol. The second-order valence-electron chi connectivity index (χ2n) is 6.00. The van der Waals surface area contributed by atoms with Crippen LogP contribution < -0.4 is 25.1 Å². The van der Waals surface area contributed by atoms with Gasteiger partial charge in [0.25, 0.3) is 11.8 Å². The average molecular weight is 425 g/mol. The summed E-state index contributed by atoms with van der Waals surface area (Å²) in [6, 6.07) is 8.09. The maximum Gasteiger partial charge on any atom is 0.279 e. The number of benzene rings is 2. The van der Waals surface area contributed by atoms with Crippen molar-refractivity contribution in [3.8, 4) is 17.2 Å². The number of rotatable bonds is 8. The highest BCUT2D eigenvalue weighted by Crippen LogP contribution is 2.36. The van der Waals surface area contributed by atoms with Crippen molar-refractivity contribution in [1.82, 2.24) is 10.9 Å². The van der Waals surface area contributed by atoms with Gasteiger partial charge in [0.05, 0.1) is 18.7 Å². The molecule has 2 aromatic carbocycles. The molecule has 0 fully saturated rings. The van der Waals surface area contributed by atoms with Crippen molar-refractivity contribution >= 4 is 23.4 Å². The van der Waals surface area contributed by atoms with Gasteiger partial charge in [-0.3, -0.25) is 20.4 Å². The molecule has 0 bridgehead atoms. The van der Waals surface area contributed by atoms with E-state index < -0.39 is 23.7 Å². The molecule has 1 unspecified atom stereocenters. The van der Waals surface area contributed by atoms with Gasteiger partial charge in [0.1, 0.15) is 11.6 Å². The van der Waals surface area contributed by atoms with Gasteiger partial charge in [0.15, 0.2) is 17.6 Å². The van der Waals surface area contributed by atoms with Crippen LogP contribution in [0.2, 0.25) is 5.02 Å². The Morgan fingerprint density at radius 1 is 1.17 bits per heavy atom. The quantitative estimate of drug-likeness (QED) is 0.633. The van der Waals surface area contributed by atoms with E-state index in [4.69, 9.17) is 25.8 Å². The first-order valence-corrected chi connectivity index (χ1v) is 9.26. The fourth-order valence-electron chi connectivity index (χ4n) is 2.26. The third-order valence-electron chi connectivity index (χ3n) is 3.74. The maximum absolute atomic E-state index is 12.9. The summed E-state index contributed by atoms with van der Waals surface area (Å²) < 4.78 is 29.1. The van der Waals surface area contributed by atoms with Gasteiger partial charge in [-0.25, -0.2) is 4.39 Å². The molecule has 0 saturated carbocycles. The Morgan fingerprint density at radius 3 is 2.48 bits per heavy atom. The van der Waals surface area contributed by atoms with Crippen molar-refractivity contribution in [3.05, 3.63) is 52.8 Å². The van der Waals surface area contributed by atoms with Crippen molar-refractivity contribution in [3.63, 3.8) is 0 Å². The Kier molecular flexibility index (Phi) is 8.09. The van der Waals surface area contributed by atoms with Crippen LogP contribution in [0.25, 0.3) is 0 Å². The number of carbonyl (C=O) groups is 2. The number of methoxy groups -OCH3 is 1. The summed E-state index contributed by atoms with van der Waals surface area (Å²) in [4.78, 5) is 24.5. The number of hydrogen-bond acceptors (Lipinski definition) is 5. The molecule has 7 nitrogen and oxygen atoms in total. The Morgan fingerprint density at radius 2 is 1.86 bits per heavy atom. The molecular formula is C20H22ClFN2O5. The summed E-state index contributed by atoms with van der Waals surface area (Å²) in [5, 5.41) is 0.210. The van der Waals surface area contributed by atoms with E-state index in [2.05, 4.69) is 10.9 Å². The first-order valence-electron chi connectivity index (χ1n) is 8.88. The number of ether oxygens (including phenoxy) is 3. The number of hydrogen-bond donors (Lipinski definition) is 2. The monoisotopic (exact) mass is 424 g/mol. The Balaban J connectivity index is 1.97. The lowest BCUT2D eigenvalue weighted by molar-refractivity contribution is -0.128. The molecule has 2 amide bonds. The molecule has 9 heteroatoms. The molecule has 0 aliphatic carbocycles. The van der Waals surface area contributed by atoms with E-state index >= 15 is 0 Å². The SMILES string of the molecule is CCCOc1c(Cl)cc(C(=O)NNC(=O)C(C)Oc2ccc(F)cc2)cc1OC. The van der Waals surface area contributed by atoms with Crippen LogP contribution in [0.4, 0.5) is 4.39 Å². The maximum atomic E-state index is 12.9. The molecule has 0 aliphatic rings. The normalized spacial score (nSPS) is 11.3. The van der Waals surface area contributed by atoms with Gasteiger partial charge in [-0.15, -0.1) is 0 Å². The lowest BCUT2D eigenvalue weighted by Crippen LogP contribution is -2.47. The molecule has 1 atom stereocenters. The summed E-state index contributed by atoms with van der Waals surface area (Å²) in [5.74, 6) is -0.645. The Labute approximate surface area is 173 Å². The van der Waals surface area contributed by atoms with Crippen LogP contribution in [0.15, 0.2) is 36.4 Å². The van der Waals surface area contributed by atoms with E-state index in [1.165, 1.54) is 50.4 Å². The number of amides is 2. The zero-order chi connectivity index (χ0) is 21.4. The fraction of sp³-hybridized carbons (Fsp3) is 0.300. The largest absolute Gasteiger partial charge is 0.493 e. The fourth-order valence-corrected chi connectivity index (χ4v) is 2.52. The smallest absolute Gasteiger partial charge is 0.279 e. The highest BCUT2D eigenvalue weighted by Gasteiger charge is 2.19. The molecule has 2 rings (SSSR count).